The van der Waals surface area contributed by atoms with Gasteiger partial charge in [0, 0.05) is 18.3 Å². The van der Waals surface area contributed by atoms with Crippen LogP contribution < -0.4 is 0 Å². The lowest BCUT2D eigenvalue weighted by molar-refractivity contribution is -0.0959. The predicted octanol–water partition coefficient (Wildman–Crippen LogP) is 3.90. The summed E-state index contributed by atoms with van der Waals surface area (Å²) < 4.78 is 31.8. The van der Waals surface area contributed by atoms with E-state index in [2.05, 4.69) is 0 Å². The molecule has 2 aliphatic heterocycles. The normalized spacial score (nSPS) is 31.9. The molecule has 0 aromatic carbocycles. The lowest BCUT2D eigenvalue weighted by atomic mass is 9.54. The molecule has 90 valence electrons. The molecule has 0 saturated heterocycles. The van der Waals surface area contributed by atoms with E-state index in [9.17, 15) is 8.78 Å². The molecule has 0 unspecified atom stereocenters. The molecule has 0 radical (unpaired) electrons. The number of hydrogen-bond acceptors (Lipinski definition) is 1. The van der Waals surface area contributed by atoms with Crippen LogP contribution in [0.25, 0.3) is 0 Å². The van der Waals surface area contributed by atoms with Crippen molar-refractivity contribution in [2.45, 2.75) is 51.4 Å². The van der Waals surface area contributed by atoms with E-state index in [4.69, 9.17) is 4.74 Å². The minimum Gasteiger partial charge on any atom is -0.498 e. The second-order valence-corrected chi connectivity index (χ2v) is 5.79. The van der Waals surface area contributed by atoms with Gasteiger partial charge in [-0.2, -0.15) is 0 Å². The monoisotopic (exact) mass is 228 g/mol. The summed E-state index contributed by atoms with van der Waals surface area (Å²) in [6.07, 6.45) is 3.74. The zero-order chi connectivity index (χ0) is 11.4. The highest BCUT2D eigenvalue weighted by atomic mass is 19.3. The van der Waals surface area contributed by atoms with Crippen molar-refractivity contribution in [1.29, 1.82) is 0 Å². The first-order valence-corrected chi connectivity index (χ1v) is 6.20. The van der Waals surface area contributed by atoms with E-state index >= 15 is 0 Å². The fourth-order valence-corrected chi connectivity index (χ4v) is 3.56. The molecule has 2 saturated carbocycles. The molecule has 0 spiro atoms. The Morgan fingerprint density at radius 2 is 1.81 bits per heavy atom. The first-order chi connectivity index (χ1) is 7.51. The van der Waals surface area contributed by atoms with Crippen molar-refractivity contribution < 1.29 is 13.5 Å². The van der Waals surface area contributed by atoms with Crippen LogP contribution in [0.2, 0.25) is 0 Å². The molecular weight excluding hydrogens is 210 g/mol. The maximum absolute atomic E-state index is 13.1. The van der Waals surface area contributed by atoms with Gasteiger partial charge in [-0.15, -0.1) is 0 Å². The van der Waals surface area contributed by atoms with Crippen molar-refractivity contribution in [2.75, 3.05) is 6.61 Å². The third-order valence-electron chi connectivity index (χ3n) is 4.79. The second-order valence-electron chi connectivity index (χ2n) is 5.79. The Bertz CT molecular complexity index is 328. The highest BCUT2D eigenvalue weighted by Crippen LogP contribution is 2.59. The Morgan fingerprint density at radius 1 is 1.19 bits per heavy atom. The molecule has 3 heteroatoms. The van der Waals surface area contributed by atoms with Gasteiger partial charge >= 0.3 is 0 Å². The Balaban J connectivity index is 1.69. The molecule has 2 fully saturated rings. The number of ether oxygens (including phenoxy) is 1. The van der Waals surface area contributed by atoms with Gasteiger partial charge in [0.2, 0.25) is 5.92 Å². The van der Waals surface area contributed by atoms with E-state index in [1.807, 2.05) is 6.92 Å². The fraction of sp³-hybridized carbons (Fsp3) is 0.846. The molecule has 1 nitrogen and oxygen atoms in total. The summed E-state index contributed by atoms with van der Waals surface area (Å²) in [6, 6.07) is 0. The van der Waals surface area contributed by atoms with E-state index in [1.165, 1.54) is 5.57 Å². The molecule has 16 heavy (non-hydrogen) atoms. The Hall–Kier alpha value is -0.600. The summed E-state index contributed by atoms with van der Waals surface area (Å²) in [4.78, 5) is 0. The van der Waals surface area contributed by atoms with Gasteiger partial charge in [0.15, 0.2) is 0 Å². The van der Waals surface area contributed by atoms with Crippen LogP contribution in [0.5, 0.6) is 0 Å². The minimum absolute atomic E-state index is 0.0808. The number of allylic oxidation sites excluding steroid dienone is 2. The molecule has 0 aromatic heterocycles. The van der Waals surface area contributed by atoms with Gasteiger partial charge in [-0.1, -0.05) is 0 Å². The van der Waals surface area contributed by atoms with E-state index in [0.717, 1.165) is 25.2 Å². The van der Waals surface area contributed by atoms with Gasteiger partial charge in [0.1, 0.15) is 0 Å². The SMILES string of the molecule is CC1=C2CC(C3CCC(F)(F)CC3)(CO1)C2. The maximum atomic E-state index is 13.1. The maximum Gasteiger partial charge on any atom is 0.248 e. The van der Waals surface area contributed by atoms with Crippen molar-refractivity contribution in [3.8, 4) is 0 Å². The topological polar surface area (TPSA) is 9.23 Å². The van der Waals surface area contributed by atoms with Crippen LogP contribution in [-0.2, 0) is 4.74 Å². The molecular formula is C13H18F2O. The van der Waals surface area contributed by atoms with Gasteiger partial charge in [-0.05, 0) is 44.1 Å². The molecule has 0 amide bonds. The standard InChI is InChI=1S/C13H18F2O/c1-9-10-6-12(7-10,8-16-9)11-2-4-13(14,15)5-3-11/h11H,2-8H2,1H3. The van der Waals surface area contributed by atoms with Crippen LogP contribution in [-0.4, -0.2) is 12.5 Å². The smallest absolute Gasteiger partial charge is 0.248 e. The lowest BCUT2D eigenvalue weighted by Gasteiger charge is -2.54. The zero-order valence-corrected chi connectivity index (χ0v) is 9.69. The van der Waals surface area contributed by atoms with E-state index < -0.39 is 5.92 Å². The van der Waals surface area contributed by atoms with E-state index in [0.29, 0.717) is 18.8 Å². The van der Waals surface area contributed by atoms with E-state index in [1.54, 1.807) is 0 Å². The largest absolute Gasteiger partial charge is 0.498 e. The van der Waals surface area contributed by atoms with Crippen molar-refractivity contribution in [3.05, 3.63) is 11.3 Å². The van der Waals surface area contributed by atoms with Gasteiger partial charge in [-0.3, -0.25) is 0 Å². The van der Waals surface area contributed by atoms with Crippen molar-refractivity contribution in [3.63, 3.8) is 0 Å². The van der Waals surface area contributed by atoms with Gasteiger partial charge in [-0.25, -0.2) is 8.78 Å². The summed E-state index contributed by atoms with van der Waals surface area (Å²) in [5.74, 6) is -0.854. The Morgan fingerprint density at radius 3 is 2.31 bits per heavy atom. The summed E-state index contributed by atoms with van der Waals surface area (Å²) >= 11 is 0. The first kappa shape index (κ1) is 10.5. The predicted molar refractivity (Wildman–Crippen MR) is 57.2 cm³/mol. The van der Waals surface area contributed by atoms with Gasteiger partial charge in [0.25, 0.3) is 0 Å². The fourth-order valence-electron chi connectivity index (χ4n) is 3.56. The molecule has 0 aromatic rings. The Kier molecular flexibility index (Phi) is 2.11. The van der Waals surface area contributed by atoms with Crippen LogP contribution in [0.1, 0.15) is 45.4 Å². The van der Waals surface area contributed by atoms with Crippen molar-refractivity contribution >= 4 is 0 Å². The third kappa shape index (κ3) is 1.47. The van der Waals surface area contributed by atoms with Crippen LogP contribution in [0.3, 0.4) is 0 Å². The number of halogens is 2. The first-order valence-electron chi connectivity index (χ1n) is 6.20. The Labute approximate surface area is 94.9 Å². The third-order valence-corrected chi connectivity index (χ3v) is 4.79. The summed E-state index contributed by atoms with van der Waals surface area (Å²) in [5, 5.41) is 0. The summed E-state index contributed by atoms with van der Waals surface area (Å²) in [6.45, 7) is 2.78. The summed E-state index contributed by atoms with van der Waals surface area (Å²) in [7, 11) is 0. The molecule has 0 atom stereocenters. The minimum atomic E-state index is -2.40. The van der Waals surface area contributed by atoms with Crippen LogP contribution in [0.15, 0.2) is 11.3 Å². The molecule has 2 heterocycles. The van der Waals surface area contributed by atoms with Crippen LogP contribution in [0.4, 0.5) is 8.78 Å². The van der Waals surface area contributed by atoms with Crippen molar-refractivity contribution in [1.82, 2.24) is 0 Å². The molecule has 0 N–H and O–H groups in total. The number of rotatable bonds is 1. The lowest BCUT2D eigenvalue weighted by Crippen LogP contribution is -2.48. The highest BCUT2D eigenvalue weighted by molar-refractivity contribution is 5.26. The van der Waals surface area contributed by atoms with E-state index in [-0.39, 0.29) is 18.3 Å². The average molecular weight is 228 g/mol. The molecule has 2 bridgehead atoms. The van der Waals surface area contributed by atoms with Crippen molar-refractivity contribution in [2.24, 2.45) is 11.3 Å². The summed E-state index contributed by atoms with van der Waals surface area (Å²) in [5.41, 5.74) is 1.65. The van der Waals surface area contributed by atoms with Gasteiger partial charge < -0.3 is 4.74 Å². The average Bonchev–Trinajstić information content (AvgIpc) is 2.17. The highest BCUT2D eigenvalue weighted by Gasteiger charge is 2.53. The number of alkyl halides is 2. The number of hydrogen-bond donors (Lipinski definition) is 0. The molecule has 4 rings (SSSR count). The molecule has 2 aliphatic carbocycles. The molecule has 4 aliphatic rings. The quantitative estimate of drug-likeness (QED) is 0.661. The van der Waals surface area contributed by atoms with Crippen LogP contribution in [0, 0.1) is 11.3 Å². The zero-order valence-electron chi connectivity index (χ0n) is 9.69. The van der Waals surface area contributed by atoms with Crippen LogP contribution >= 0.6 is 0 Å². The second kappa shape index (κ2) is 3.21. The van der Waals surface area contributed by atoms with Gasteiger partial charge in [0.05, 0.1) is 12.4 Å². The number of fused-ring (bicyclic) bond motifs is 2.